The SMILES string of the molecule is O=C(CCC(=O)N1CCC(COc2ccccc2)CC1)c1ccc2c(c1)CCC2. The number of nitrogens with zero attached hydrogens (tertiary/aromatic N) is 1. The first-order valence-electron chi connectivity index (χ1n) is 10.8. The number of fused-ring (bicyclic) bond motifs is 1. The van der Waals surface area contributed by atoms with Gasteiger partial charge in [0.15, 0.2) is 5.78 Å². The van der Waals surface area contributed by atoms with Gasteiger partial charge in [-0.25, -0.2) is 0 Å². The predicted octanol–water partition coefficient (Wildman–Crippen LogP) is 4.46. The summed E-state index contributed by atoms with van der Waals surface area (Å²) in [5, 5.41) is 0. The molecule has 1 fully saturated rings. The molecule has 4 rings (SSSR count). The zero-order chi connectivity index (χ0) is 20.1. The maximum atomic E-state index is 12.5. The van der Waals surface area contributed by atoms with Crippen LogP contribution in [0.2, 0.25) is 0 Å². The van der Waals surface area contributed by atoms with Crippen LogP contribution in [-0.4, -0.2) is 36.3 Å². The van der Waals surface area contributed by atoms with Gasteiger partial charge >= 0.3 is 0 Å². The highest BCUT2D eigenvalue weighted by Crippen LogP contribution is 2.24. The smallest absolute Gasteiger partial charge is 0.223 e. The lowest BCUT2D eigenvalue weighted by Gasteiger charge is -2.32. The summed E-state index contributed by atoms with van der Waals surface area (Å²) in [6.07, 6.45) is 5.88. The molecule has 2 aromatic rings. The highest BCUT2D eigenvalue weighted by Gasteiger charge is 2.24. The fraction of sp³-hybridized carbons (Fsp3) is 0.440. The quantitative estimate of drug-likeness (QED) is 0.655. The van der Waals surface area contributed by atoms with Crippen molar-refractivity contribution in [3.8, 4) is 5.75 Å². The van der Waals surface area contributed by atoms with Crippen molar-refractivity contribution in [2.24, 2.45) is 5.92 Å². The van der Waals surface area contributed by atoms with Crippen LogP contribution in [-0.2, 0) is 17.6 Å². The van der Waals surface area contributed by atoms with Gasteiger partial charge in [-0.2, -0.15) is 0 Å². The van der Waals surface area contributed by atoms with Gasteiger partial charge in [0.05, 0.1) is 6.61 Å². The van der Waals surface area contributed by atoms with Crippen LogP contribution in [0.4, 0.5) is 0 Å². The van der Waals surface area contributed by atoms with Crippen molar-refractivity contribution in [3.63, 3.8) is 0 Å². The zero-order valence-corrected chi connectivity index (χ0v) is 16.9. The van der Waals surface area contributed by atoms with Gasteiger partial charge in [0.1, 0.15) is 5.75 Å². The Kier molecular flexibility index (Phi) is 6.28. The predicted molar refractivity (Wildman–Crippen MR) is 113 cm³/mol. The molecule has 4 nitrogen and oxygen atoms in total. The molecule has 1 saturated heterocycles. The summed E-state index contributed by atoms with van der Waals surface area (Å²) in [5.41, 5.74) is 3.44. The molecule has 29 heavy (non-hydrogen) atoms. The number of carbonyl (C=O) groups excluding carboxylic acids is 2. The maximum absolute atomic E-state index is 12.5. The van der Waals surface area contributed by atoms with Gasteiger partial charge in [0.25, 0.3) is 0 Å². The van der Waals surface area contributed by atoms with Gasteiger partial charge in [-0.05, 0) is 67.3 Å². The number of Topliss-reactive ketones (excluding diaryl/α,β-unsaturated/α-hetero) is 1. The molecule has 1 aliphatic carbocycles. The Bertz CT molecular complexity index is 854. The second-order valence-electron chi connectivity index (χ2n) is 8.21. The van der Waals surface area contributed by atoms with E-state index in [1.54, 1.807) is 0 Å². The third-order valence-corrected chi connectivity index (χ3v) is 6.18. The summed E-state index contributed by atoms with van der Waals surface area (Å²) in [6, 6.07) is 15.9. The number of hydrogen-bond acceptors (Lipinski definition) is 3. The molecule has 4 heteroatoms. The highest BCUT2D eigenvalue weighted by atomic mass is 16.5. The van der Waals surface area contributed by atoms with Crippen molar-refractivity contribution in [3.05, 3.63) is 65.2 Å². The van der Waals surface area contributed by atoms with Crippen LogP contribution >= 0.6 is 0 Å². The van der Waals surface area contributed by atoms with Gasteiger partial charge in [-0.1, -0.05) is 30.3 Å². The third-order valence-electron chi connectivity index (χ3n) is 6.18. The topological polar surface area (TPSA) is 46.6 Å². The van der Waals surface area contributed by atoms with E-state index < -0.39 is 0 Å². The monoisotopic (exact) mass is 391 g/mol. The molecule has 0 unspecified atom stereocenters. The second kappa shape index (κ2) is 9.25. The summed E-state index contributed by atoms with van der Waals surface area (Å²) in [5.74, 6) is 1.56. The Morgan fingerprint density at radius 1 is 0.931 bits per heavy atom. The first-order valence-corrected chi connectivity index (χ1v) is 10.8. The van der Waals surface area contributed by atoms with Gasteiger partial charge in [-0.15, -0.1) is 0 Å². The average molecular weight is 392 g/mol. The van der Waals surface area contributed by atoms with E-state index in [2.05, 4.69) is 6.07 Å². The number of benzene rings is 2. The van der Waals surface area contributed by atoms with E-state index in [4.69, 9.17) is 4.74 Å². The largest absolute Gasteiger partial charge is 0.493 e. The molecule has 0 spiro atoms. The minimum atomic E-state index is 0.0826. The molecular formula is C25H29NO3. The molecule has 0 bridgehead atoms. The Labute approximate surface area is 172 Å². The lowest BCUT2D eigenvalue weighted by atomic mass is 9.97. The van der Waals surface area contributed by atoms with Crippen LogP contribution in [0.25, 0.3) is 0 Å². The molecule has 0 atom stereocenters. The van der Waals surface area contributed by atoms with E-state index in [-0.39, 0.29) is 11.7 Å². The number of rotatable bonds is 7. The molecule has 1 aliphatic heterocycles. The number of para-hydroxylation sites is 1. The summed E-state index contributed by atoms with van der Waals surface area (Å²) in [7, 11) is 0. The molecule has 152 valence electrons. The van der Waals surface area contributed by atoms with E-state index in [9.17, 15) is 9.59 Å². The summed E-state index contributed by atoms with van der Waals surface area (Å²) in [6.45, 7) is 2.21. The van der Waals surface area contributed by atoms with Gasteiger partial charge in [0.2, 0.25) is 5.91 Å². The molecule has 0 saturated carbocycles. The van der Waals surface area contributed by atoms with Crippen molar-refractivity contribution >= 4 is 11.7 Å². The summed E-state index contributed by atoms with van der Waals surface area (Å²) >= 11 is 0. The molecule has 0 radical (unpaired) electrons. The first-order chi connectivity index (χ1) is 14.2. The highest BCUT2D eigenvalue weighted by molar-refractivity contribution is 5.98. The van der Waals surface area contributed by atoms with E-state index >= 15 is 0 Å². The van der Waals surface area contributed by atoms with Crippen molar-refractivity contribution in [1.82, 2.24) is 4.90 Å². The summed E-state index contributed by atoms with van der Waals surface area (Å²) < 4.78 is 5.85. The number of amides is 1. The molecular weight excluding hydrogens is 362 g/mol. The number of likely N-dealkylation sites (tertiary alicyclic amines) is 1. The molecule has 1 heterocycles. The Morgan fingerprint density at radius 2 is 1.69 bits per heavy atom. The number of ether oxygens (including phenoxy) is 1. The molecule has 0 aromatic heterocycles. The standard InChI is InChI=1S/C25H29NO3/c27-24(22-10-9-20-5-4-6-21(20)17-22)11-12-25(28)26-15-13-19(14-16-26)18-29-23-7-2-1-3-8-23/h1-3,7-10,17,19H,4-6,11-16,18H2. The number of aryl methyl sites for hydroxylation is 2. The van der Waals surface area contributed by atoms with Crippen LogP contribution in [0.15, 0.2) is 48.5 Å². The Hall–Kier alpha value is -2.62. The Balaban J connectivity index is 1.19. The van der Waals surface area contributed by atoms with Gasteiger partial charge < -0.3 is 9.64 Å². The van der Waals surface area contributed by atoms with Crippen LogP contribution in [0.5, 0.6) is 5.75 Å². The zero-order valence-electron chi connectivity index (χ0n) is 16.9. The lowest BCUT2D eigenvalue weighted by Crippen LogP contribution is -2.39. The molecule has 0 N–H and O–H groups in total. The fourth-order valence-electron chi connectivity index (χ4n) is 4.35. The minimum absolute atomic E-state index is 0.0826. The lowest BCUT2D eigenvalue weighted by molar-refractivity contribution is -0.132. The Morgan fingerprint density at radius 3 is 2.48 bits per heavy atom. The first kappa shape index (κ1) is 19.7. The van der Waals surface area contributed by atoms with Crippen LogP contribution in [0.3, 0.4) is 0 Å². The number of piperidine rings is 1. The number of carbonyl (C=O) groups is 2. The second-order valence-corrected chi connectivity index (χ2v) is 8.21. The van der Waals surface area contributed by atoms with E-state index in [0.717, 1.165) is 50.1 Å². The van der Waals surface area contributed by atoms with Crippen LogP contribution < -0.4 is 4.74 Å². The van der Waals surface area contributed by atoms with Crippen molar-refractivity contribution in [2.45, 2.75) is 44.9 Å². The van der Waals surface area contributed by atoms with Gasteiger partial charge in [0, 0.05) is 31.5 Å². The average Bonchev–Trinajstić information content (AvgIpc) is 3.25. The van der Waals surface area contributed by atoms with Crippen LogP contribution in [0, 0.1) is 5.92 Å². The number of hydrogen-bond donors (Lipinski definition) is 0. The molecule has 2 aromatic carbocycles. The fourth-order valence-corrected chi connectivity index (χ4v) is 4.35. The minimum Gasteiger partial charge on any atom is -0.493 e. The van der Waals surface area contributed by atoms with Crippen molar-refractivity contribution in [2.75, 3.05) is 19.7 Å². The molecule has 2 aliphatic rings. The van der Waals surface area contributed by atoms with E-state index in [1.807, 2.05) is 47.4 Å². The third kappa shape index (κ3) is 5.06. The summed E-state index contributed by atoms with van der Waals surface area (Å²) in [4.78, 5) is 27.0. The normalized spacial score (nSPS) is 16.5. The van der Waals surface area contributed by atoms with E-state index in [1.165, 1.54) is 17.5 Å². The maximum Gasteiger partial charge on any atom is 0.223 e. The molecule has 1 amide bonds. The van der Waals surface area contributed by atoms with Crippen molar-refractivity contribution < 1.29 is 14.3 Å². The van der Waals surface area contributed by atoms with Crippen molar-refractivity contribution in [1.29, 1.82) is 0 Å². The number of ketones is 1. The van der Waals surface area contributed by atoms with Crippen LogP contribution in [0.1, 0.15) is 53.6 Å². The van der Waals surface area contributed by atoms with E-state index in [0.29, 0.717) is 25.4 Å². The van der Waals surface area contributed by atoms with Gasteiger partial charge in [-0.3, -0.25) is 9.59 Å².